The highest BCUT2D eigenvalue weighted by molar-refractivity contribution is 5.77. The average Bonchev–Trinajstić information content (AvgIpc) is 2.47. The molecule has 2 aromatic rings. The van der Waals surface area contributed by atoms with Crippen molar-refractivity contribution in [2.24, 2.45) is 0 Å². The average molecular weight is 268 g/mol. The predicted octanol–water partition coefficient (Wildman–Crippen LogP) is 2.93. The molecule has 2 aromatic carbocycles. The number of hydrogen-bond donors (Lipinski definition) is 1. The van der Waals surface area contributed by atoms with E-state index in [9.17, 15) is 0 Å². The zero-order valence-corrected chi connectivity index (χ0v) is 12.0. The molecule has 0 saturated carbocycles. The third-order valence-corrected chi connectivity index (χ3v) is 4.04. The van der Waals surface area contributed by atoms with Gasteiger partial charge in [-0.05, 0) is 42.3 Å². The van der Waals surface area contributed by atoms with Crippen LogP contribution in [0, 0.1) is 0 Å². The molecule has 0 radical (unpaired) electrons. The molecule has 3 heteroatoms. The molecule has 20 heavy (non-hydrogen) atoms. The van der Waals surface area contributed by atoms with E-state index in [1.165, 1.54) is 16.7 Å². The van der Waals surface area contributed by atoms with Crippen molar-refractivity contribution >= 4 is 5.69 Å². The van der Waals surface area contributed by atoms with Gasteiger partial charge in [-0.25, -0.2) is 0 Å². The first kappa shape index (κ1) is 13.0. The lowest BCUT2D eigenvalue weighted by Crippen LogP contribution is -2.27. The second kappa shape index (κ2) is 5.17. The van der Waals surface area contributed by atoms with Crippen LogP contribution in [0.4, 0.5) is 5.69 Å². The molecule has 0 unspecified atom stereocenters. The Morgan fingerprint density at radius 3 is 2.65 bits per heavy atom. The van der Waals surface area contributed by atoms with Gasteiger partial charge < -0.3 is 15.4 Å². The maximum absolute atomic E-state index is 6.15. The Morgan fingerprint density at radius 2 is 1.85 bits per heavy atom. The number of nitrogens with zero attached hydrogens (tertiary/aromatic N) is 1. The van der Waals surface area contributed by atoms with Crippen molar-refractivity contribution in [1.82, 2.24) is 4.90 Å². The molecule has 0 bridgehead atoms. The summed E-state index contributed by atoms with van der Waals surface area (Å²) in [7, 11) is 3.87. The van der Waals surface area contributed by atoms with E-state index in [0.29, 0.717) is 0 Å². The van der Waals surface area contributed by atoms with Crippen molar-refractivity contribution in [2.75, 3.05) is 26.4 Å². The Morgan fingerprint density at radius 1 is 1.05 bits per heavy atom. The molecule has 0 atom stereocenters. The van der Waals surface area contributed by atoms with Crippen molar-refractivity contribution in [3.05, 3.63) is 47.5 Å². The molecule has 1 aliphatic heterocycles. The van der Waals surface area contributed by atoms with Crippen molar-refractivity contribution in [2.45, 2.75) is 13.0 Å². The molecule has 1 heterocycles. The smallest absolute Gasteiger partial charge is 0.126 e. The number of nitrogen functional groups attached to an aromatic ring is 1. The normalized spacial score (nSPS) is 14.9. The van der Waals surface area contributed by atoms with E-state index < -0.39 is 0 Å². The number of hydrogen-bond acceptors (Lipinski definition) is 3. The van der Waals surface area contributed by atoms with Gasteiger partial charge in [0, 0.05) is 24.3 Å². The van der Waals surface area contributed by atoms with Gasteiger partial charge in [0.15, 0.2) is 0 Å². The number of benzene rings is 2. The Hall–Kier alpha value is -2.00. The molecule has 3 rings (SSSR count). The molecule has 3 nitrogen and oxygen atoms in total. The van der Waals surface area contributed by atoms with Crippen molar-refractivity contribution in [3.63, 3.8) is 0 Å². The molecule has 1 aliphatic rings. The van der Waals surface area contributed by atoms with Crippen LogP contribution in [0.3, 0.4) is 0 Å². The summed E-state index contributed by atoms with van der Waals surface area (Å²) in [5.41, 5.74) is 12.1. The fourth-order valence-corrected chi connectivity index (χ4v) is 2.96. The quantitative estimate of drug-likeness (QED) is 0.851. The van der Waals surface area contributed by atoms with Crippen LogP contribution >= 0.6 is 0 Å². The molecule has 0 saturated heterocycles. The molecule has 2 N–H and O–H groups in total. The van der Waals surface area contributed by atoms with Gasteiger partial charge in [-0.3, -0.25) is 0 Å². The zero-order chi connectivity index (χ0) is 14.1. The standard InChI is InChI=1S/C17H20N2O/c1-19-10-9-13-15(11-19)12(7-8-16(13)18)14-5-3-4-6-17(14)20-2/h3-8H,9-11,18H2,1-2H3. The van der Waals surface area contributed by atoms with Crippen molar-refractivity contribution in [1.29, 1.82) is 0 Å². The second-order valence-corrected chi connectivity index (χ2v) is 5.35. The third-order valence-electron chi connectivity index (χ3n) is 4.04. The predicted molar refractivity (Wildman–Crippen MR) is 82.9 cm³/mol. The van der Waals surface area contributed by atoms with Crippen LogP contribution < -0.4 is 10.5 Å². The number of ether oxygens (including phenoxy) is 1. The van der Waals surface area contributed by atoms with Gasteiger partial charge in [0.2, 0.25) is 0 Å². The topological polar surface area (TPSA) is 38.5 Å². The number of methoxy groups -OCH3 is 1. The molecular weight excluding hydrogens is 248 g/mol. The fraction of sp³-hybridized carbons (Fsp3) is 0.294. The van der Waals surface area contributed by atoms with E-state index in [2.05, 4.69) is 24.1 Å². The maximum Gasteiger partial charge on any atom is 0.126 e. The number of likely N-dealkylation sites (N-methyl/N-ethyl adjacent to an activating group) is 1. The first-order valence-corrected chi connectivity index (χ1v) is 6.93. The summed E-state index contributed by atoms with van der Waals surface area (Å²) in [4.78, 5) is 2.33. The highest BCUT2D eigenvalue weighted by Gasteiger charge is 2.20. The Balaban J connectivity index is 2.20. The largest absolute Gasteiger partial charge is 0.496 e. The number of nitrogens with two attached hydrogens (primary N) is 1. The van der Waals surface area contributed by atoms with Gasteiger partial charge in [0.05, 0.1) is 7.11 Å². The molecule has 0 aliphatic carbocycles. The molecule has 0 spiro atoms. The van der Waals surface area contributed by atoms with E-state index in [4.69, 9.17) is 10.5 Å². The summed E-state index contributed by atoms with van der Waals surface area (Å²) < 4.78 is 5.50. The number of rotatable bonds is 2. The lowest BCUT2D eigenvalue weighted by molar-refractivity contribution is 0.314. The Kier molecular flexibility index (Phi) is 3.36. The van der Waals surface area contributed by atoms with Crippen LogP contribution in [0.5, 0.6) is 5.75 Å². The molecule has 0 aromatic heterocycles. The summed E-state index contributed by atoms with van der Waals surface area (Å²) in [6.07, 6.45) is 1.01. The van der Waals surface area contributed by atoms with Crippen LogP contribution in [0.2, 0.25) is 0 Å². The van der Waals surface area contributed by atoms with Gasteiger partial charge in [-0.1, -0.05) is 24.3 Å². The Bertz CT molecular complexity index is 637. The number of para-hydroxylation sites is 1. The van der Waals surface area contributed by atoms with E-state index in [1.54, 1.807) is 7.11 Å². The third kappa shape index (κ3) is 2.14. The first-order valence-electron chi connectivity index (χ1n) is 6.93. The molecule has 0 amide bonds. The van der Waals surface area contributed by atoms with Gasteiger partial charge in [0.1, 0.15) is 5.75 Å². The van der Waals surface area contributed by atoms with E-state index in [0.717, 1.165) is 36.5 Å². The minimum Gasteiger partial charge on any atom is -0.496 e. The SMILES string of the molecule is COc1ccccc1-c1ccc(N)c2c1CN(C)CC2. The van der Waals surface area contributed by atoms with Crippen LogP contribution in [0.1, 0.15) is 11.1 Å². The molecular formula is C17H20N2O. The zero-order valence-electron chi connectivity index (χ0n) is 12.0. The number of fused-ring (bicyclic) bond motifs is 1. The Labute approximate surface area is 120 Å². The monoisotopic (exact) mass is 268 g/mol. The van der Waals surface area contributed by atoms with Crippen molar-refractivity contribution < 1.29 is 4.74 Å². The van der Waals surface area contributed by atoms with Gasteiger partial charge >= 0.3 is 0 Å². The van der Waals surface area contributed by atoms with E-state index >= 15 is 0 Å². The summed E-state index contributed by atoms with van der Waals surface area (Å²) >= 11 is 0. The summed E-state index contributed by atoms with van der Waals surface area (Å²) in [5.74, 6) is 0.910. The van der Waals surface area contributed by atoms with E-state index in [-0.39, 0.29) is 0 Å². The maximum atomic E-state index is 6.15. The first-order chi connectivity index (χ1) is 9.70. The minimum absolute atomic E-state index is 0.909. The minimum atomic E-state index is 0.909. The van der Waals surface area contributed by atoms with Crippen molar-refractivity contribution in [3.8, 4) is 16.9 Å². The highest BCUT2D eigenvalue weighted by Crippen LogP contribution is 2.37. The lowest BCUT2D eigenvalue weighted by atomic mass is 9.90. The lowest BCUT2D eigenvalue weighted by Gasteiger charge is -2.28. The van der Waals surface area contributed by atoms with Crippen LogP contribution in [0.15, 0.2) is 36.4 Å². The molecule has 0 fully saturated rings. The molecule has 104 valence electrons. The second-order valence-electron chi connectivity index (χ2n) is 5.35. The van der Waals surface area contributed by atoms with Gasteiger partial charge in [0.25, 0.3) is 0 Å². The van der Waals surface area contributed by atoms with Crippen LogP contribution in [0.25, 0.3) is 11.1 Å². The summed E-state index contributed by atoms with van der Waals surface area (Å²) in [6, 6.07) is 12.3. The summed E-state index contributed by atoms with van der Waals surface area (Å²) in [6.45, 7) is 2.00. The number of anilines is 1. The van der Waals surface area contributed by atoms with E-state index in [1.807, 2.05) is 24.3 Å². The van der Waals surface area contributed by atoms with Gasteiger partial charge in [-0.15, -0.1) is 0 Å². The summed E-state index contributed by atoms with van der Waals surface area (Å²) in [5, 5.41) is 0. The van der Waals surface area contributed by atoms with Gasteiger partial charge in [-0.2, -0.15) is 0 Å². The fourth-order valence-electron chi connectivity index (χ4n) is 2.96. The van der Waals surface area contributed by atoms with Crippen LogP contribution in [-0.4, -0.2) is 25.6 Å². The van der Waals surface area contributed by atoms with Crippen LogP contribution in [-0.2, 0) is 13.0 Å². The highest BCUT2D eigenvalue weighted by atomic mass is 16.5.